The van der Waals surface area contributed by atoms with E-state index in [-0.39, 0.29) is 6.17 Å². The number of nitrogens with zero attached hydrogens (tertiary/aromatic N) is 4. The van der Waals surface area contributed by atoms with E-state index < -0.39 is 0 Å². The molecule has 1 aliphatic heterocycles. The van der Waals surface area contributed by atoms with Crippen LogP contribution in [0.3, 0.4) is 0 Å². The van der Waals surface area contributed by atoms with Gasteiger partial charge >= 0.3 is 0 Å². The fourth-order valence-electron chi connectivity index (χ4n) is 3.33. The molecule has 4 aromatic rings. The Morgan fingerprint density at radius 1 is 1.29 bits per heavy atom. The molecule has 1 unspecified atom stereocenters. The first-order valence-corrected chi connectivity index (χ1v) is 7.79. The van der Waals surface area contributed by atoms with Gasteiger partial charge in [-0.1, -0.05) is 6.07 Å². The lowest BCUT2D eigenvalue weighted by Crippen LogP contribution is -2.24. The molecule has 0 bridgehead atoms. The van der Waals surface area contributed by atoms with Gasteiger partial charge in [0, 0.05) is 17.8 Å². The summed E-state index contributed by atoms with van der Waals surface area (Å²) >= 11 is 0. The van der Waals surface area contributed by atoms with E-state index in [0.29, 0.717) is 0 Å². The zero-order chi connectivity index (χ0) is 16.3. The van der Waals surface area contributed by atoms with Gasteiger partial charge in [-0.3, -0.25) is 0 Å². The summed E-state index contributed by atoms with van der Waals surface area (Å²) in [7, 11) is 3.98. The number of aryl methyl sites for hydroxylation is 1. The molecule has 0 aliphatic carbocycles. The molecule has 118 valence electrons. The van der Waals surface area contributed by atoms with Crippen LogP contribution in [0.2, 0.25) is 0 Å². The van der Waals surface area contributed by atoms with Crippen molar-refractivity contribution in [3.63, 3.8) is 0 Å². The van der Waals surface area contributed by atoms with Crippen LogP contribution in [-0.4, -0.2) is 33.6 Å². The number of benzene rings is 1. The number of aromatic amines is 1. The number of aromatic nitrogens is 3. The molecule has 5 rings (SSSR count). The van der Waals surface area contributed by atoms with Crippen LogP contribution in [0, 0.1) is 6.33 Å². The number of rotatable bonds is 2. The molecule has 4 heterocycles. The summed E-state index contributed by atoms with van der Waals surface area (Å²) in [6, 6.07) is 6.24. The molecule has 0 fully saturated rings. The molecule has 0 saturated heterocycles. The van der Waals surface area contributed by atoms with Crippen LogP contribution in [-0.2, 0) is 7.05 Å². The number of hydrogen-bond donors (Lipinski definition) is 1. The number of fused-ring (bicyclic) bond motifs is 3. The molecule has 0 amide bonds. The number of nitrogens with one attached hydrogen (secondary N) is 1. The van der Waals surface area contributed by atoms with E-state index in [0.717, 1.165) is 33.3 Å². The summed E-state index contributed by atoms with van der Waals surface area (Å²) in [5.74, 6) is 0. The number of imidazole rings is 1. The van der Waals surface area contributed by atoms with Crippen LogP contribution in [0.4, 0.5) is 0 Å². The van der Waals surface area contributed by atoms with Crippen LogP contribution in [0.25, 0.3) is 27.7 Å². The first kappa shape index (κ1) is 13.3. The number of furan rings is 1. The van der Waals surface area contributed by atoms with Gasteiger partial charge in [0.25, 0.3) is 6.17 Å². The van der Waals surface area contributed by atoms with E-state index in [4.69, 9.17) is 4.42 Å². The molecule has 1 aliphatic rings. The molecule has 0 spiro atoms. The highest BCUT2D eigenvalue weighted by Gasteiger charge is 2.26. The molecule has 1 aromatic carbocycles. The van der Waals surface area contributed by atoms with Gasteiger partial charge in [0.05, 0.1) is 36.1 Å². The third-order valence-corrected chi connectivity index (χ3v) is 4.52. The highest BCUT2D eigenvalue weighted by Crippen LogP contribution is 2.35. The van der Waals surface area contributed by atoms with Crippen molar-refractivity contribution < 1.29 is 13.6 Å². The third kappa shape index (κ3) is 1.73. The molecule has 1 atom stereocenters. The summed E-state index contributed by atoms with van der Waals surface area (Å²) in [5.41, 5.74) is 4.98. The van der Waals surface area contributed by atoms with E-state index in [1.54, 1.807) is 6.26 Å². The van der Waals surface area contributed by atoms with Crippen molar-refractivity contribution in [3.05, 3.63) is 48.7 Å². The largest absolute Gasteiger partial charge is 0.468 e. The summed E-state index contributed by atoms with van der Waals surface area (Å²) in [6.45, 7) is 0. The lowest BCUT2D eigenvalue weighted by molar-refractivity contribution is -0.674. The van der Waals surface area contributed by atoms with Gasteiger partial charge in [-0.2, -0.15) is 0 Å². The van der Waals surface area contributed by atoms with Crippen LogP contribution in [0.5, 0.6) is 0 Å². The fourth-order valence-corrected chi connectivity index (χ4v) is 3.33. The summed E-state index contributed by atoms with van der Waals surface area (Å²) in [6.07, 6.45) is 12.7. The van der Waals surface area contributed by atoms with Crippen molar-refractivity contribution in [2.45, 2.75) is 6.17 Å². The van der Waals surface area contributed by atoms with Crippen LogP contribution in [0.15, 0.2) is 46.3 Å². The minimum absolute atomic E-state index is 0.00385. The highest BCUT2D eigenvalue weighted by molar-refractivity contribution is 6.14. The topological polar surface area (TPSA) is 53.1 Å². The van der Waals surface area contributed by atoms with Gasteiger partial charge in [-0.15, -0.1) is 0 Å². The Labute approximate surface area is 138 Å². The smallest absolute Gasteiger partial charge is 0.274 e. The Kier molecular flexibility index (Phi) is 2.59. The van der Waals surface area contributed by atoms with Crippen molar-refractivity contribution in [1.29, 1.82) is 0 Å². The molecule has 3 aromatic heterocycles. The molecule has 6 heteroatoms. The molecular formula is C18H16N5O+. The summed E-state index contributed by atoms with van der Waals surface area (Å²) in [4.78, 5) is 8.10. The Morgan fingerprint density at radius 2 is 2.21 bits per heavy atom. The van der Waals surface area contributed by atoms with Crippen LogP contribution < -0.4 is 4.57 Å². The maximum atomic E-state index is 5.87. The first-order valence-electron chi connectivity index (χ1n) is 7.79. The van der Waals surface area contributed by atoms with E-state index in [1.165, 1.54) is 0 Å². The minimum Gasteiger partial charge on any atom is -0.468 e. The maximum absolute atomic E-state index is 5.87. The Bertz CT molecular complexity index is 1140. The quantitative estimate of drug-likeness (QED) is 0.447. The van der Waals surface area contributed by atoms with Gasteiger partial charge in [-0.25, -0.2) is 9.57 Å². The second-order valence-corrected chi connectivity index (χ2v) is 6.09. The molecule has 24 heavy (non-hydrogen) atoms. The van der Waals surface area contributed by atoms with Gasteiger partial charge in [0.15, 0.2) is 11.8 Å². The normalized spacial score (nSPS) is 17.2. The van der Waals surface area contributed by atoms with Crippen molar-refractivity contribution in [2.75, 3.05) is 7.05 Å². The van der Waals surface area contributed by atoms with E-state index in [9.17, 15) is 0 Å². The Hall–Kier alpha value is -3.15. The van der Waals surface area contributed by atoms with Gasteiger partial charge < -0.3 is 18.5 Å². The first-order chi connectivity index (χ1) is 11.7. The number of H-pyrrole nitrogens is 1. The molecule has 1 N–H and O–H groups in total. The molecule has 0 radical (unpaired) electrons. The van der Waals surface area contributed by atoms with Crippen molar-refractivity contribution in [2.24, 2.45) is 12.0 Å². The average molecular weight is 318 g/mol. The SMILES string of the molecule is C[N+]1=CC=NC1c1cccc2c1[nH]c1c(-n3[c-][n+](C)cc3)coc12. The standard InChI is InChI=1S/C18H16N5O/c1-21-8-9-23(11-21)14-10-24-17-12-4-3-5-13(15(12)20-16(14)17)18-19-6-7-22(18)2/h3-10,18,20H,1-2H3/q+1. The monoisotopic (exact) mass is 318 g/mol. The summed E-state index contributed by atoms with van der Waals surface area (Å²) in [5, 5.41) is 1.07. The van der Waals surface area contributed by atoms with E-state index >= 15 is 0 Å². The third-order valence-electron chi connectivity index (χ3n) is 4.52. The fraction of sp³-hybridized carbons (Fsp3) is 0.167. The van der Waals surface area contributed by atoms with Crippen LogP contribution >= 0.6 is 0 Å². The predicted octanol–water partition coefficient (Wildman–Crippen LogP) is 2.13. The molecule has 6 nitrogen and oxygen atoms in total. The van der Waals surface area contributed by atoms with Crippen molar-refractivity contribution in [1.82, 2.24) is 9.55 Å². The second kappa shape index (κ2) is 4.67. The lowest BCUT2D eigenvalue weighted by atomic mass is 10.1. The van der Waals surface area contributed by atoms with Gasteiger partial charge in [0.1, 0.15) is 12.7 Å². The van der Waals surface area contributed by atoms with Gasteiger partial charge in [-0.05, 0) is 12.1 Å². The highest BCUT2D eigenvalue weighted by atomic mass is 16.3. The Morgan fingerprint density at radius 3 is 2.96 bits per heavy atom. The molecular weight excluding hydrogens is 302 g/mol. The maximum Gasteiger partial charge on any atom is 0.274 e. The van der Waals surface area contributed by atoms with E-state index in [2.05, 4.69) is 39.1 Å². The zero-order valence-electron chi connectivity index (χ0n) is 13.4. The predicted molar refractivity (Wildman–Crippen MR) is 90.9 cm³/mol. The van der Waals surface area contributed by atoms with Gasteiger partial charge in [0.2, 0.25) is 6.33 Å². The molecule has 0 saturated carbocycles. The Balaban J connectivity index is 1.78. The minimum atomic E-state index is -0.00385. The van der Waals surface area contributed by atoms with Crippen molar-refractivity contribution in [3.8, 4) is 5.69 Å². The van der Waals surface area contributed by atoms with Crippen molar-refractivity contribution >= 4 is 34.4 Å². The zero-order valence-corrected chi connectivity index (χ0v) is 13.4. The van der Waals surface area contributed by atoms with E-state index in [1.807, 2.05) is 48.1 Å². The number of para-hydroxylation sites is 1. The lowest BCUT2D eigenvalue weighted by Gasteiger charge is -2.06. The number of aliphatic imine (C=N–C) groups is 1. The summed E-state index contributed by atoms with van der Waals surface area (Å²) < 4.78 is 11.8. The average Bonchev–Trinajstić information content (AvgIpc) is 3.31. The van der Waals surface area contributed by atoms with Crippen LogP contribution in [0.1, 0.15) is 11.7 Å². The second-order valence-electron chi connectivity index (χ2n) is 6.09. The number of hydrogen-bond acceptors (Lipinski definition) is 2.